The summed E-state index contributed by atoms with van der Waals surface area (Å²) in [5.74, 6) is 0.955. The molecule has 1 aromatic heterocycles. The van der Waals surface area contributed by atoms with Crippen LogP contribution in [0.2, 0.25) is 0 Å². The Morgan fingerprint density at radius 3 is 2.71 bits per heavy atom. The van der Waals surface area contributed by atoms with Gasteiger partial charge in [0.2, 0.25) is 0 Å². The normalized spacial score (nSPS) is 19.8. The van der Waals surface area contributed by atoms with E-state index in [1.165, 1.54) is 30.7 Å². The molecule has 2 fully saturated rings. The van der Waals surface area contributed by atoms with E-state index in [9.17, 15) is 0 Å². The highest BCUT2D eigenvalue weighted by atomic mass is 32.1. The van der Waals surface area contributed by atoms with Crippen LogP contribution in [-0.4, -0.2) is 62.7 Å². The fourth-order valence-electron chi connectivity index (χ4n) is 3.44. The lowest BCUT2D eigenvalue weighted by molar-refractivity contribution is 0.281. The summed E-state index contributed by atoms with van der Waals surface area (Å²) in [4.78, 5) is 9.46. The number of hydrogen-bond acceptors (Lipinski definition) is 4. The van der Waals surface area contributed by atoms with Crippen molar-refractivity contribution in [2.75, 3.05) is 44.7 Å². The molecule has 1 saturated heterocycles. The van der Waals surface area contributed by atoms with Gasteiger partial charge in [-0.3, -0.25) is 9.89 Å². The zero-order chi connectivity index (χ0) is 16.8. The standard InChI is InChI=1S/C18H31N5S/c1-3-22(16-6-7-16)13-10-20-18(19-2)21-15-8-11-23(12-9-15)17-5-4-14-24-17/h4-5,14-16H,3,6-13H2,1-2H3,(H2,19,20,21). The summed E-state index contributed by atoms with van der Waals surface area (Å²) in [6.07, 6.45) is 5.09. The Kier molecular flexibility index (Phi) is 6.37. The number of rotatable bonds is 7. The van der Waals surface area contributed by atoms with Crippen molar-refractivity contribution in [1.29, 1.82) is 0 Å². The fraction of sp³-hybridized carbons (Fsp3) is 0.722. The molecule has 5 nitrogen and oxygen atoms in total. The maximum Gasteiger partial charge on any atom is 0.191 e. The molecule has 24 heavy (non-hydrogen) atoms. The molecule has 0 unspecified atom stereocenters. The first-order chi connectivity index (χ1) is 11.8. The van der Waals surface area contributed by atoms with Gasteiger partial charge in [0.15, 0.2) is 5.96 Å². The number of anilines is 1. The molecular formula is C18H31N5S. The fourth-order valence-corrected chi connectivity index (χ4v) is 4.22. The summed E-state index contributed by atoms with van der Waals surface area (Å²) in [5, 5.41) is 10.7. The predicted octanol–water partition coefficient (Wildman–Crippen LogP) is 2.37. The molecule has 2 aliphatic rings. The highest BCUT2D eigenvalue weighted by Gasteiger charge is 2.27. The van der Waals surface area contributed by atoms with Crippen LogP contribution in [0, 0.1) is 0 Å². The third-order valence-electron chi connectivity index (χ3n) is 5.04. The Bertz CT molecular complexity index is 503. The van der Waals surface area contributed by atoms with E-state index in [1.54, 1.807) is 0 Å². The highest BCUT2D eigenvalue weighted by molar-refractivity contribution is 7.14. The molecule has 2 N–H and O–H groups in total. The molecular weight excluding hydrogens is 318 g/mol. The molecule has 0 radical (unpaired) electrons. The minimum Gasteiger partial charge on any atom is -0.363 e. The van der Waals surface area contributed by atoms with Crippen molar-refractivity contribution in [2.45, 2.75) is 44.7 Å². The van der Waals surface area contributed by atoms with Crippen molar-refractivity contribution < 1.29 is 0 Å². The predicted molar refractivity (Wildman–Crippen MR) is 104 cm³/mol. The van der Waals surface area contributed by atoms with Crippen LogP contribution >= 0.6 is 11.3 Å². The molecule has 1 aliphatic heterocycles. The highest BCUT2D eigenvalue weighted by Crippen LogP contribution is 2.26. The smallest absolute Gasteiger partial charge is 0.191 e. The number of guanidine groups is 1. The molecule has 134 valence electrons. The molecule has 3 rings (SSSR count). The van der Waals surface area contributed by atoms with Crippen LogP contribution < -0.4 is 15.5 Å². The first kappa shape index (κ1) is 17.5. The maximum absolute atomic E-state index is 4.40. The van der Waals surface area contributed by atoms with Crippen molar-refractivity contribution in [3.63, 3.8) is 0 Å². The van der Waals surface area contributed by atoms with Crippen molar-refractivity contribution in [3.8, 4) is 0 Å². The van der Waals surface area contributed by atoms with Gasteiger partial charge in [0.05, 0.1) is 5.00 Å². The van der Waals surface area contributed by atoms with E-state index in [1.807, 2.05) is 18.4 Å². The third kappa shape index (κ3) is 4.86. The summed E-state index contributed by atoms with van der Waals surface area (Å²) in [6.45, 7) is 7.74. The van der Waals surface area contributed by atoms with Crippen molar-refractivity contribution in [1.82, 2.24) is 15.5 Å². The minimum absolute atomic E-state index is 0.526. The molecule has 6 heteroatoms. The van der Waals surface area contributed by atoms with Crippen molar-refractivity contribution in [2.24, 2.45) is 4.99 Å². The summed E-state index contributed by atoms with van der Waals surface area (Å²) in [5.41, 5.74) is 0. The lowest BCUT2D eigenvalue weighted by Crippen LogP contribution is -2.49. The lowest BCUT2D eigenvalue weighted by Gasteiger charge is -2.33. The van der Waals surface area contributed by atoms with Gasteiger partial charge in [-0.1, -0.05) is 6.92 Å². The van der Waals surface area contributed by atoms with Gasteiger partial charge in [0.25, 0.3) is 0 Å². The van der Waals surface area contributed by atoms with Crippen LogP contribution in [0.1, 0.15) is 32.6 Å². The monoisotopic (exact) mass is 349 g/mol. The Labute approximate surface area is 150 Å². The van der Waals surface area contributed by atoms with E-state index < -0.39 is 0 Å². The van der Waals surface area contributed by atoms with Crippen LogP contribution in [0.3, 0.4) is 0 Å². The summed E-state index contributed by atoms with van der Waals surface area (Å²) < 4.78 is 0. The van der Waals surface area contributed by atoms with E-state index in [0.717, 1.165) is 44.7 Å². The second-order valence-electron chi connectivity index (χ2n) is 6.72. The second kappa shape index (κ2) is 8.72. The zero-order valence-corrected chi connectivity index (χ0v) is 15.8. The molecule has 0 bridgehead atoms. The van der Waals surface area contributed by atoms with Crippen LogP contribution in [-0.2, 0) is 0 Å². The van der Waals surface area contributed by atoms with Gasteiger partial charge in [-0.05, 0) is 49.7 Å². The Morgan fingerprint density at radius 1 is 1.33 bits per heavy atom. The summed E-state index contributed by atoms with van der Waals surface area (Å²) in [7, 11) is 1.87. The maximum atomic E-state index is 4.40. The van der Waals surface area contributed by atoms with Gasteiger partial charge in [0, 0.05) is 45.3 Å². The molecule has 2 heterocycles. The van der Waals surface area contributed by atoms with Gasteiger partial charge in [-0.15, -0.1) is 11.3 Å². The van der Waals surface area contributed by atoms with Gasteiger partial charge in [0.1, 0.15) is 0 Å². The average Bonchev–Trinajstić information content (AvgIpc) is 3.31. The number of hydrogen-bond donors (Lipinski definition) is 2. The Hall–Kier alpha value is -1.27. The van der Waals surface area contributed by atoms with Crippen molar-refractivity contribution in [3.05, 3.63) is 17.5 Å². The first-order valence-corrected chi connectivity index (χ1v) is 10.2. The van der Waals surface area contributed by atoms with Gasteiger partial charge < -0.3 is 15.5 Å². The molecule has 1 aromatic rings. The van der Waals surface area contributed by atoms with E-state index in [-0.39, 0.29) is 0 Å². The quantitative estimate of drug-likeness (QED) is 0.586. The van der Waals surface area contributed by atoms with Crippen LogP contribution in [0.5, 0.6) is 0 Å². The van der Waals surface area contributed by atoms with Crippen LogP contribution in [0.25, 0.3) is 0 Å². The number of likely N-dealkylation sites (N-methyl/N-ethyl adjacent to an activating group) is 1. The van der Waals surface area contributed by atoms with Crippen molar-refractivity contribution >= 4 is 22.3 Å². The SMILES string of the molecule is CCN(CCNC(=NC)NC1CCN(c2cccs2)CC1)C1CC1. The number of thiophene rings is 1. The van der Waals surface area contributed by atoms with E-state index in [4.69, 9.17) is 0 Å². The van der Waals surface area contributed by atoms with Gasteiger partial charge in [-0.25, -0.2) is 0 Å². The molecule has 1 saturated carbocycles. The summed E-state index contributed by atoms with van der Waals surface area (Å²) >= 11 is 1.84. The van der Waals surface area contributed by atoms with Crippen LogP contribution in [0.4, 0.5) is 5.00 Å². The topological polar surface area (TPSA) is 42.9 Å². The molecule has 1 aliphatic carbocycles. The van der Waals surface area contributed by atoms with E-state index in [0.29, 0.717) is 6.04 Å². The average molecular weight is 350 g/mol. The second-order valence-corrected chi connectivity index (χ2v) is 7.64. The van der Waals surface area contributed by atoms with E-state index in [2.05, 4.69) is 49.9 Å². The molecule has 0 amide bonds. The Balaban J connectivity index is 1.36. The molecule has 0 aromatic carbocycles. The van der Waals surface area contributed by atoms with Gasteiger partial charge >= 0.3 is 0 Å². The molecule has 0 atom stereocenters. The number of piperidine rings is 1. The van der Waals surface area contributed by atoms with Gasteiger partial charge in [-0.2, -0.15) is 0 Å². The van der Waals surface area contributed by atoms with Crippen LogP contribution in [0.15, 0.2) is 22.5 Å². The number of aliphatic imine (C=N–C) groups is 1. The third-order valence-corrected chi connectivity index (χ3v) is 5.97. The largest absolute Gasteiger partial charge is 0.363 e. The lowest BCUT2D eigenvalue weighted by atomic mass is 10.1. The van der Waals surface area contributed by atoms with E-state index >= 15 is 0 Å². The number of nitrogens with zero attached hydrogens (tertiary/aromatic N) is 3. The molecule has 0 spiro atoms. The zero-order valence-electron chi connectivity index (χ0n) is 15.0. The Morgan fingerprint density at radius 2 is 2.12 bits per heavy atom. The minimum atomic E-state index is 0.526. The number of nitrogens with one attached hydrogen (secondary N) is 2. The summed E-state index contributed by atoms with van der Waals surface area (Å²) in [6, 6.07) is 5.72. The first-order valence-electron chi connectivity index (χ1n) is 9.30.